The van der Waals surface area contributed by atoms with Gasteiger partial charge < -0.3 is 16.8 Å². The van der Waals surface area contributed by atoms with Crippen LogP contribution in [0.1, 0.15) is 36.2 Å². The first kappa shape index (κ1) is 15.2. The van der Waals surface area contributed by atoms with Gasteiger partial charge in [-0.1, -0.05) is 26.0 Å². The highest BCUT2D eigenvalue weighted by Gasteiger charge is 2.19. The molecule has 19 heavy (non-hydrogen) atoms. The van der Waals surface area contributed by atoms with Crippen molar-refractivity contribution < 1.29 is 9.59 Å². The summed E-state index contributed by atoms with van der Waals surface area (Å²) in [6, 6.07) is 6.31. The standard InChI is InChI=1S/C14H21N3O2/c1-9(2)7-12(13(16)18)17-14(19)11-5-3-10(8-15)4-6-11/h3-6,9,12H,7-8,15H2,1-2H3,(H2,16,18)(H,17,19). The Hall–Kier alpha value is -1.88. The zero-order valence-corrected chi connectivity index (χ0v) is 11.3. The second-order valence-corrected chi connectivity index (χ2v) is 4.96. The molecule has 1 unspecified atom stereocenters. The van der Waals surface area contributed by atoms with E-state index in [0.29, 0.717) is 18.5 Å². The van der Waals surface area contributed by atoms with Gasteiger partial charge in [-0.3, -0.25) is 9.59 Å². The number of primary amides is 1. The van der Waals surface area contributed by atoms with Crippen LogP contribution in [0.5, 0.6) is 0 Å². The first-order valence-corrected chi connectivity index (χ1v) is 6.33. The first-order valence-electron chi connectivity index (χ1n) is 6.33. The molecule has 0 saturated carbocycles. The molecule has 0 fully saturated rings. The van der Waals surface area contributed by atoms with Crippen LogP contribution in [0.3, 0.4) is 0 Å². The van der Waals surface area contributed by atoms with Crippen molar-refractivity contribution in [3.8, 4) is 0 Å². The Morgan fingerprint density at radius 3 is 2.21 bits per heavy atom. The predicted molar refractivity (Wildman–Crippen MR) is 74.2 cm³/mol. The second-order valence-electron chi connectivity index (χ2n) is 4.96. The van der Waals surface area contributed by atoms with Gasteiger partial charge in [-0.2, -0.15) is 0 Å². The van der Waals surface area contributed by atoms with Gasteiger partial charge in [-0.25, -0.2) is 0 Å². The third-order valence-electron chi connectivity index (χ3n) is 2.81. The zero-order valence-electron chi connectivity index (χ0n) is 11.3. The highest BCUT2D eigenvalue weighted by atomic mass is 16.2. The van der Waals surface area contributed by atoms with Crippen molar-refractivity contribution in [3.63, 3.8) is 0 Å². The van der Waals surface area contributed by atoms with Gasteiger partial charge >= 0.3 is 0 Å². The summed E-state index contributed by atoms with van der Waals surface area (Å²) in [6.07, 6.45) is 0.530. The van der Waals surface area contributed by atoms with Gasteiger partial charge in [0, 0.05) is 12.1 Å². The van der Waals surface area contributed by atoms with E-state index < -0.39 is 11.9 Å². The molecule has 0 bridgehead atoms. The molecule has 0 aliphatic carbocycles. The van der Waals surface area contributed by atoms with Crippen LogP contribution < -0.4 is 16.8 Å². The summed E-state index contributed by atoms with van der Waals surface area (Å²) in [7, 11) is 0. The Kier molecular flexibility index (Phi) is 5.51. The van der Waals surface area contributed by atoms with Crippen LogP contribution in [0.4, 0.5) is 0 Å². The molecule has 0 heterocycles. The summed E-state index contributed by atoms with van der Waals surface area (Å²) in [5.74, 6) is -0.536. The molecular weight excluding hydrogens is 242 g/mol. The first-order chi connectivity index (χ1) is 8.93. The van der Waals surface area contributed by atoms with Gasteiger partial charge in [-0.15, -0.1) is 0 Å². The summed E-state index contributed by atoms with van der Waals surface area (Å²) in [5, 5.41) is 2.66. The van der Waals surface area contributed by atoms with Crippen LogP contribution in [0.15, 0.2) is 24.3 Å². The SMILES string of the molecule is CC(C)CC(NC(=O)c1ccc(CN)cc1)C(N)=O. The maximum atomic E-state index is 12.0. The molecule has 0 aromatic heterocycles. The minimum absolute atomic E-state index is 0.275. The fourth-order valence-electron chi connectivity index (χ4n) is 1.75. The molecule has 0 aliphatic heterocycles. The Balaban J connectivity index is 2.72. The number of hydrogen-bond donors (Lipinski definition) is 3. The van der Waals surface area contributed by atoms with Gasteiger partial charge in [0.2, 0.25) is 5.91 Å². The monoisotopic (exact) mass is 263 g/mol. The maximum Gasteiger partial charge on any atom is 0.251 e. The van der Waals surface area contributed by atoms with Gasteiger partial charge in [0.05, 0.1) is 0 Å². The van der Waals surface area contributed by atoms with Crippen molar-refractivity contribution in [2.45, 2.75) is 32.9 Å². The molecule has 5 N–H and O–H groups in total. The molecule has 1 aromatic rings. The van der Waals surface area contributed by atoms with Crippen molar-refractivity contribution >= 4 is 11.8 Å². The molecule has 0 spiro atoms. The topological polar surface area (TPSA) is 98.2 Å². The van der Waals surface area contributed by atoms with Crippen LogP contribution in [0, 0.1) is 5.92 Å². The average Bonchev–Trinajstić information content (AvgIpc) is 2.37. The number of hydrogen-bond acceptors (Lipinski definition) is 3. The van der Waals surface area contributed by atoms with Crippen molar-refractivity contribution in [1.82, 2.24) is 5.32 Å². The molecule has 1 atom stereocenters. The highest BCUT2D eigenvalue weighted by molar-refractivity contribution is 5.97. The molecule has 2 amide bonds. The minimum atomic E-state index is -0.637. The van der Waals surface area contributed by atoms with Gasteiger partial charge in [0.1, 0.15) is 6.04 Å². The number of nitrogens with two attached hydrogens (primary N) is 2. The number of rotatable bonds is 6. The molecule has 104 valence electrons. The third kappa shape index (κ3) is 4.71. The molecule has 1 rings (SSSR count). The normalized spacial score (nSPS) is 12.2. The summed E-state index contributed by atoms with van der Waals surface area (Å²) < 4.78 is 0. The Morgan fingerprint density at radius 2 is 1.79 bits per heavy atom. The van der Waals surface area contributed by atoms with Crippen LogP contribution >= 0.6 is 0 Å². The zero-order chi connectivity index (χ0) is 14.4. The number of carbonyl (C=O) groups is 2. The fraction of sp³-hybridized carbons (Fsp3) is 0.429. The minimum Gasteiger partial charge on any atom is -0.368 e. The largest absolute Gasteiger partial charge is 0.368 e. The summed E-state index contributed by atoms with van der Waals surface area (Å²) in [6.45, 7) is 4.37. The number of amides is 2. The lowest BCUT2D eigenvalue weighted by molar-refractivity contribution is -0.120. The molecule has 5 nitrogen and oxygen atoms in total. The molecule has 5 heteroatoms. The summed E-state index contributed by atoms with van der Waals surface area (Å²) in [5.41, 5.74) is 12.2. The van der Waals surface area contributed by atoms with Crippen molar-refractivity contribution in [2.75, 3.05) is 0 Å². The molecule has 0 aliphatic rings. The number of benzene rings is 1. The molecule has 0 radical (unpaired) electrons. The lowest BCUT2D eigenvalue weighted by atomic mass is 10.0. The molecule has 1 aromatic carbocycles. The lowest BCUT2D eigenvalue weighted by Crippen LogP contribution is -2.45. The van der Waals surface area contributed by atoms with Gasteiger partial charge in [0.15, 0.2) is 0 Å². The summed E-state index contributed by atoms with van der Waals surface area (Å²) in [4.78, 5) is 23.3. The maximum absolute atomic E-state index is 12.0. The van der Waals surface area contributed by atoms with Gasteiger partial charge in [-0.05, 0) is 30.0 Å². The smallest absolute Gasteiger partial charge is 0.251 e. The van der Waals surface area contributed by atoms with E-state index >= 15 is 0 Å². The Labute approximate surface area is 113 Å². The van der Waals surface area contributed by atoms with E-state index in [2.05, 4.69) is 5.32 Å². The van der Waals surface area contributed by atoms with E-state index in [-0.39, 0.29) is 11.8 Å². The predicted octanol–water partition coefficient (Wildman–Crippen LogP) is 0.775. The van der Waals surface area contributed by atoms with Crippen molar-refractivity contribution in [3.05, 3.63) is 35.4 Å². The Bertz CT molecular complexity index is 441. The third-order valence-corrected chi connectivity index (χ3v) is 2.81. The van der Waals surface area contributed by atoms with Crippen molar-refractivity contribution in [1.29, 1.82) is 0 Å². The van der Waals surface area contributed by atoms with Gasteiger partial charge in [0.25, 0.3) is 5.91 Å². The van der Waals surface area contributed by atoms with E-state index in [4.69, 9.17) is 11.5 Å². The highest BCUT2D eigenvalue weighted by Crippen LogP contribution is 2.07. The number of nitrogens with one attached hydrogen (secondary N) is 1. The van der Waals surface area contributed by atoms with E-state index in [9.17, 15) is 9.59 Å². The Morgan fingerprint density at radius 1 is 1.21 bits per heavy atom. The quantitative estimate of drug-likeness (QED) is 0.707. The van der Waals surface area contributed by atoms with Crippen molar-refractivity contribution in [2.24, 2.45) is 17.4 Å². The van der Waals surface area contributed by atoms with Crippen LogP contribution in [-0.4, -0.2) is 17.9 Å². The lowest BCUT2D eigenvalue weighted by Gasteiger charge is -2.17. The number of carbonyl (C=O) groups excluding carboxylic acids is 2. The molecule has 0 saturated heterocycles. The van der Waals surface area contributed by atoms with Crippen LogP contribution in [-0.2, 0) is 11.3 Å². The average molecular weight is 263 g/mol. The fourth-order valence-corrected chi connectivity index (χ4v) is 1.75. The van der Waals surface area contributed by atoms with Crippen LogP contribution in [0.2, 0.25) is 0 Å². The van der Waals surface area contributed by atoms with E-state index in [1.807, 2.05) is 13.8 Å². The summed E-state index contributed by atoms with van der Waals surface area (Å²) >= 11 is 0. The van der Waals surface area contributed by atoms with E-state index in [1.165, 1.54) is 0 Å². The molecular formula is C14H21N3O2. The second kappa shape index (κ2) is 6.89. The van der Waals surface area contributed by atoms with E-state index in [1.54, 1.807) is 24.3 Å². The van der Waals surface area contributed by atoms with E-state index in [0.717, 1.165) is 5.56 Å². The van der Waals surface area contributed by atoms with Crippen LogP contribution in [0.25, 0.3) is 0 Å².